The van der Waals surface area contributed by atoms with E-state index in [2.05, 4.69) is 34.1 Å². The summed E-state index contributed by atoms with van der Waals surface area (Å²) in [4.78, 5) is 19.5. The molecule has 166 valence electrons. The molecule has 4 rings (SSSR count). The second-order valence-corrected chi connectivity index (χ2v) is 10.1. The molecule has 8 heteroatoms. The summed E-state index contributed by atoms with van der Waals surface area (Å²) in [6.07, 6.45) is 0. The molecule has 2 heterocycles. The lowest BCUT2D eigenvalue weighted by Crippen LogP contribution is -2.54. The Hall–Kier alpha value is -2.26. The van der Waals surface area contributed by atoms with E-state index in [1.807, 2.05) is 6.07 Å². The number of nitrogens with zero attached hydrogens (tertiary/aromatic N) is 4. The Labute approximate surface area is 184 Å². The van der Waals surface area contributed by atoms with Crippen LogP contribution in [-0.4, -0.2) is 92.2 Å². The Bertz CT molecular complexity index is 953. The number of hydrogen-bond acceptors (Lipinski definition) is 5. The molecule has 2 aromatic rings. The lowest BCUT2D eigenvalue weighted by Gasteiger charge is -2.37. The van der Waals surface area contributed by atoms with Crippen molar-refractivity contribution in [3.05, 3.63) is 66.2 Å². The third kappa shape index (κ3) is 5.51. The Morgan fingerprint density at radius 2 is 1.26 bits per heavy atom. The normalized spacial score (nSPS) is 19.4. The van der Waals surface area contributed by atoms with Gasteiger partial charge in [-0.3, -0.25) is 14.6 Å². The fourth-order valence-electron chi connectivity index (χ4n) is 4.16. The summed E-state index contributed by atoms with van der Waals surface area (Å²) in [5, 5.41) is 0. The van der Waals surface area contributed by atoms with Crippen LogP contribution in [0.3, 0.4) is 0 Å². The quantitative estimate of drug-likeness (QED) is 0.676. The van der Waals surface area contributed by atoms with Gasteiger partial charge in [-0.25, -0.2) is 8.42 Å². The predicted molar refractivity (Wildman–Crippen MR) is 120 cm³/mol. The van der Waals surface area contributed by atoms with E-state index in [4.69, 9.17) is 0 Å². The number of benzene rings is 2. The van der Waals surface area contributed by atoms with Crippen LogP contribution in [-0.2, 0) is 21.4 Å². The lowest BCUT2D eigenvalue weighted by molar-refractivity contribution is -0.134. The van der Waals surface area contributed by atoms with Gasteiger partial charge in [0.2, 0.25) is 15.9 Å². The summed E-state index contributed by atoms with van der Waals surface area (Å²) in [7, 11) is -3.49. The SMILES string of the molecule is O=C(CN1CCN(Cc2ccccc2)CC1)N1CCN(S(=O)(=O)c2ccccc2)CC1. The number of amides is 1. The molecule has 2 aromatic carbocycles. The first kappa shape index (κ1) is 22.0. The fraction of sp³-hybridized carbons (Fsp3) is 0.435. The van der Waals surface area contributed by atoms with Crippen LogP contribution >= 0.6 is 0 Å². The van der Waals surface area contributed by atoms with E-state index < -0.39 is 10.0 Å². The average molecular weight is 443 g/mol. The molecule has 0 aliphatic carbocycles. The third-order valence-corrected chi connectivity index (χ3v) is 7.96. The van der Waals surface area contributed by atoms with Gasteiger partial charge in [-0.15, -0.1) is 0 Å². The van der Waals surface area contributed by atoms with E-state index in [-0.39, 0.29) is 5.91 Å². The minimum absolute atomic E-state index is 0.0910. The van der Waals surface area contributed by atoms with Gasteiger partial charge in [0.25, 0.3) is 0 Å². The Kier molecular flexibility index (Phi) is 7.02. The summed E-state index contributed by atoms with van der Waals surface area (Å²) >= 11 is 0. The largest absolute Gasteiger partial charge is 0.339 e. The van der Waals surface area contributed by atoms with Gasteiger partial charge >= 0.3 is 0 Å². The van der Waals surface area contributed by atoms with Gasteiger partial charge in [-0.1, -0.05) is 48.5 Å². The van der Waals surface area contributed by atoms with Crippen LogP contribution in [0.1, 0.15) is 5.56 Å². The van der Waals surface area contributed by atoms with Gasteiger partial charge < -0.3 is 4.90 Å². The van der Waals surface area contributed by atoms with E-state index in [0.717, 1.165) is 32.7 Å². The molecule has 1 amide bonds. The molecule has 2 fully saturated rings. The van der Waals surface area contributed by atoms with E-state index in [9.17, 15) is 13.2 Å². The number of sulfonamides is 1. The molecule has 0 N–H and O–H groups in total. The van der Waals surface area contributed by atoms with Gasteiger partial charge in [-0.2, -0.15) is 4.31 Å². The van der Waals surface area contributed by atoms with Crippen molar-refractivity contribution >= 4 is 15.9 Å². The van der Waals surface area contributed by atoms with Crippen molar-refractivity contribution in [2.75, 3.05) is 58.9 Å². The van der Waals surface area contributed by atoms with Crippen LogP contribution in [0.2, 0.25) is 0 Å². The highest BCUT2D eigenvalue weighted by Gasteiger charge is 2.30. The molecule has 31 heavy (non-hydrogen) atoms. The second kappa shape index (κ2) is 9.91. The predicted octanol–water partition coefficient (Wildman–Crippen LogP) is 1.34. The standard InChI is InChI=1S/C23H30N4O3S/c28-23(20-25-13-11-24(12-14-25)19-21-7-3-1-4-8-21)26-15-17-27(18-16-26)31(29,30)22-9-5-2-6-10-22/h1-10H,11-20H2. The van der Waals surface area contributed by atoms with E-state index in [1.165, 1.54) is 9.87 Å². The number of rotatable bonds is 6. The van der Waals surface area contributed by atoms with Crippen molar-refractivity contribution in [1.29, 1.82) is 0 Å². The molecule has 0 aromatic heterocycles. The highest BCUT2D eigenvalue weighted by atomic mass is 32.2. The van der Waals surface area contributed by atoms with Crippen LogP contribution in [0.4, 0.5) is 0 Å². The average Bonchev–Trinajstić information content (AvgIpc) is 2.82. The smallest absolute Gasteiger partial charge is 0.243 e. The van der Waals surface area contributed by atoms with Gasteiger partial charge in [0.1, 0.15) is 0 Å². The van der Waals surface area contributed by atoms with Crippen LogP contribution < -0.4 is 0 Å². The maximum absolute atomic E-state index is 12.8. The third-order valence-electron chi connectivity index (χ3n) is 6.05. The van der Waals surface area contributed by atoms with E-state index in [0.29, 0.717) is 37.6 Å². The van der Waals surface area contributed by atoms with Gasteiger partial charge in [0.15, 0.2) is 0 Å². The van der Waals surface area contributed by atoms with Crippen molar-refractivity contribution in [1.82, 2.24) is 19.0 Å². The Morgan fingerprint density at radius 3 is 1.87 bits per heavy atom. The molecule has 2 aliphatic heterocycles. The highest BCUT2D eigenvalue weighted by molar-refractivity contribution is 7.89. The van der Waals surface area contributed by atoms with Gasteiger partial charge in [0.05, 0.1) is 11.4 Å². The second-order valence-electron chi connectivity index (χ2n) is 8.14. The molecule has 0 atom stereocenters. The van der Waals surface area contributed by atoms with Crippen molar-refractivity contribution in [3.63, 3.8) is 0 Å². The van der Waals surface area contributed by atoms with Crippen LogP contribution in [0.25, 0.3) is 0 Å². The minimum Gasteiger partial charge on any atom is -0.339 e. The lowest BCUT2D eigenvalue weighted by atomic mass is 10.2. The zero-order valence-electron chi connectivity index (χ0n) is 17.8. The first-order valence-corrected chi connectivity index (χ1v) is 12.3. The van der Waals surface area contributed by atoms with Crippen LogP contribution in [0.15, 0.2) is 65.6 Å². The van der Waals surface area contributed by atoms with Crippen molar-refractivity contribution in [2.45, 2.75) is 11.4 Å². The molecular weight excluding hydrogens is 412 g/mol. The molecule has 0 bridgehead atoms. The number of piperazine rings is 2. The first-order chi connectivity index (χ1) is 15.0. The molecule has 0 radical (unpaired) electrons. The van der Waals surface area contributed by atoms with Crippen molar-refractivity contribution in [3.8, 4) is 0 Å². The Morgan fingerprint density at radius 1 is 0.710 bits per heavy atom. The molecule has 0 unspecified atom stereocenters. The number of carbonyl (C=O) groups is 1. The highest BCUT2D eigenvalue weighted by Crippen LogP contribution is 2.17. The molecule has 7 nitrogen and oxygen atoms in total. The van der Waals surface area contributed by atoms with Crippen molar-refractivity contribution in [2.24, 2.45) is 0 Å². The zero-order valence-corrected chi connectivity index (χ0v) is 18.6. The van der Waals surface area contributed by atoms with Crippen LogP contribution in [0, 0.1) is 0 Å². The number of carbonyl (C=O) groups excluding carboxylic acids is 1. The van der Waals surface area contributed by atoms with Crippen LogP contribution in [0.5, 0.6) is 0 Å². The molecule has 2 saturated heterocycles. The molecular formula is C23H30N4O3S. The molecule has 2 aliphatic rings. The number of hydrogen-bond donors (Lipinski definition) is 0. The van der Waals surface area contributed by atoms with E-state index in [1.54, 1.807) is 35.2 Å². The van der Waals surface area contributed by atoms with E-state index >= 15 is 0 Å². The van der Waals surface area contributed by atoms with Crippen molar-refractivity contribution < 1.29 is 13.2 Å². The van der Waals surface area contributed by atoms with Gasteiger partial charge in [0, 0.05) is 58.9 Å². The molecule has 0 spiro atoms. The monoisotopic (exact) mass is 442 g/mol. The minimum atomic E-state index is -3.49. The summed E-state index contributed by atoms with van der Waals surface area (Å²) in [6, 6.07) is 18.9. The summed E-state index contributed by atoms with van der Waals surface area (Å²) in [5.74, 6) is 0.0910. The Balaban J connectivity index is 1.22. The summed E-state index contributed by atoms with van der Waals surface area (Å²) in [6.45, 7) is 6.57. The maximum Gasteiger partial charge on any atom is 0.243 e. The maximum atomic E-state index is 12.8. The molecule has 0 saturated carbocycles. The van der Waals surface area contributed by atoms with Gasteiger partial charge in [-0.05, 0) is 17.7 Å². The zero-order chi connectivity index (χ0) is 21.7. The summed E-state index contributed by atoms with van der Waals surface area (Å²) < 4.78 is 27.0. The summed E-state index contributed by atoms with van der Waals surface area (Å²) in [5.41, 5.74) is 1.32. The topological polar surface area (TPSA) is 64.2 Å². The first-order valence-electron chi connectivity index (χ1n) is 10.8. The fourth-order valence-corrected chi connectivity index (χ4v) is 5.60.